The first kappa shape index (κ1) is 32.6. The Morgan fingerprint density at radius 1 is 1.37 bits per heavy atom. The number of carbonyl (C=O) groups is 1. The van der Waals surface area contributed by atoms with E-state index in [-0.39, 0.29) is 6.67 Å². The van der Waals surface area contributed by atoms with Crippen LogP contribution < -0.4 is 21.1 Å². The molecule has 2 heterocycles. The van der Waals surface area contributed by atoms with Gasteiger partial charge in [-0.2, -0.15) is 0 Å². The molecule has 0 atom stereocenters. The topological polar surface area (TPSA) is 111 Å². The van der Waals surface area contributed by atoms with Crippen LogP contribution in [0.2, 0.25) is 0 Å². The van der Waals surface area contributed by atoms with E-state index < -0.39 is 5.82 Å². The molecule has 0 spiro atoms. The van der Waals surface area contributed by atoms with Crippen LogP contribution in [0.4, 0.5) is 10.2 Å². The number of benzene rings is 1. The predicted molar refractivity (Wildman–Crippen MR) is 155 cm³/mol. The van der Waals surface area contributed by atoms with Gasteiger partial charge in [0, 0.05) is 55.8 Å². The van der Waals surface area contributed by atoms with Crippen molar-refractivity contribution in [2.45, 2.75) is 39.7 Å². The molecule has 0 aliphatic carbocycles. The third-order valence-corrected chi connectivity index (χ3v) is 5.33. The molecule has 4 N–H and O–H groups in total. The fraction of sp³-hybridized carbons (Fsp3) is 0.414. The standard InChI is InChI=1S/C20H21FN4O2.C5H13NO.C4H8/c1-13(2-4-23-12-22)18-10-25-20(17-3-5-27-19(17)18)24-9-14-6-15(11-26)8-16(21)7-14;1-6-4-3-5-7-2;1-3-4-2/h2,4,6-8,10-11H,3,5,9,12,22H2,1H3,(H,24,25);6H,3-5H2,1-2H3;3H,1,4H2,2H3/b13-2+,23-4-;;. The number of nitrogens with zero attached hydrogens (tertiary/aromatic N) is 2. The summed E-state index contributed by atoms with van der Waals surface area (Å²) in [4.78, 5) is 19.4. The zero-order chi connectivity index (χ0) is 28.2. The molecule has 0 amide bonds. The van der Waals surface area contributed by atoms with Crippen molar-refractivity contribution in [2.24, 2.45) is 10.7 Å². The monoisotopic (exact) mass is 527 g/mol. The molecule has 9 heteroatoms. The van der Waals surface area contributed by atoms with E-state index in [1.807, 2.05) is 26.1 Å². The van der Waals surface area contributed by atoms with Crippen LogP contribution >= 0.6 is 0 Å². The second-order valence-corrected chi connectivity index (χ2v) is 8.30. The number of hydrogen-bond acceptors (Lipinski definition) is 8. The van der Waals surface area contributed by atoms with E-state index in [1.54, 1.807) is 25.6 Å². The molecule has 1 aromatic heterocycles. The predicted octanol–water partition coefficient (Wildman–Crippen LogP) is 4.80. The van der Waals surface area contributed by atoms with Crippen molar-refractivity contribution in [2.75, 3.05) is 45.9 Å². The highest BCUT2D eigenvalue weighted by atomic mass is 19.1. The van der Waals surface area contributed by atoms with E-state index in [0.29, 0.717) is 36.4 Å². The smallest absolute Gasteiger partial charge is 0.150 e. The number of rotatable bonds is 12. The minimum Gasteiger partial charge on any atom is -0.492 e. The average Bonchev–Trinajstić information content (AvgIpc) is 3.42. The minimum absolute atomic E-state index is 0.241. The largest absolute Gasteiger partial charge is 0.492 e. The molecule has 0 unspecified atom stereocenters. The first-order chi connectivity index (χ1) is 18.4. The molecule has 0 saturated carbocycles. The Balaban J connectivity index is 0.000000554. The van der Waals surface area contributed by atoms with Gasteiger partial charge >= 0.3 is 0 Å². The summed E-state index contributed by atoms with van der Waals surface area (Å²) in [6.45, 7) is 10.6. The van der Waals surface area contributed by atoms with Crippen LogP contribution in [0.3, 0.4) is 0 Å². The molecule has 0 bridgehead atoms. The molecular weight excluding hydrogens is 485 g/mol. The SMILES string of the molecule is C/C(=C\C=N/CN)c1cnc(NCc2cc(F)cc(C=O)c2)c2c1OCC2.C=CCC.CNCCCOC. The minimum atomic E-state index is -0.437. The molecule has 1 aliphatic heterocycles. The van der Waals surface area contributed by atoms with E-state index in [0.717, 1.165) is 54.9 Å². The van der Waals surface area contributed by atoms with Gasteiger partial charge in [-0.15, -0.1) is 6.58 Å². The van der Waals surface area contributed by atoms with Crippen LogP contribution in [0, 0.1) is 5.82 Å². The normalized spacial score (nSPS) is 12.0. The molecular formula is C29H42FN5O3. The van der Waals surface area contributed by atoms with Gasteiger partial charge in [0.05, 0.1) is 13.3 Å². The number of anilines is 1. The van der Waals surface area contributed by atoms with E-state index in [2.05, 4.69) is 34.1 Å². The summed E-state index contributed by atoms with van der Waals surface area (Å²) in [5, 5.41) is 6.24. The summed E-state index contributed by atoms with van der Waals surface area (Å²) in [6.07, 6.45) is 10.7. The number of nitrogens with one attached hydrogen (secondary N) is 2. The molecule has 0 saturated heterocycles. The van der Waals surface area contributed by atoms with Gasteiger partial charge in [0.25, 0.3) is 0 Å². The maximum Gasteiger partial charge on any atom is 0.150 e. The van der Waals surface area contributed by atoms with Gasteiger partial charge in [0.1, 0.15) is 23.7 Å². The van der Waals surface area contributed by atoms with Gasteiger partial charge in [-0.1, -0.05) is 13.0 Å². The first-order valence-electron chi connectivity index (χ1n) is 12.7. The van der Waals surface area contributed by atoms with Gasteiger partial charge in [-0.05, 0) is 68.8 Å². The average molecular weight is 528 g/mol. The van der Waals surface area contributed by atoms with Gasteiger partial charge in [0.15, 0.2) is 0 Å². The second-order valence-electron chi connectivity index (χ2n) is 8.30. The van der Waals surface area contributed by atoms with Crippen molar-refractivity contribution in [3.63, 3.8) is 0 Å². The quantitative estimate of drug-likeness (QED) is 0.157. The summed E-state index contributed by atoms with van der Waals surface area (Å²) < 4.78 is 24.2. The Bertz CT molecular complexity index is 1050. The Hall–Kier alpha value is -3.40. The fourth-order valence-corrected chi connectivity index (χ4v) is 3.36. The Morgan fingerprint density at radius 3 is 2.76 bits per heavy atom. The molecule has 8 nitrogen and oxygen atoms in total. The maximum absolute atomic E-state index is 13.6. The number of ether oxygens (including phenoxy) is 2. The van der Waals surface area contributed by atoms with E-state index >= 15 is 0 Å². The Labute approximate surface area is 226 Å². The molecule has 3 rings (SSSR count). The van der Waals surface area contributed by atoms with Crippen LogP contribution in [0.1, 0.15) is 53.7 Å². The third-order valence-electron chi connectivity index (χ3n) is 5.33. The third kappa shape index (κ3) is 11.8. The van der Waals surface area contributed by atoms with Crippen molar-refractivity contribution in [1.29, 1.82) is 0 Å². The van der Waals surface area contributed by atoms with Gasteiger partial charge in [-0.3, -0.25) is 9.79 Å². The van der Waals surface area contributed by atoms with Crippen molar-refractivity contribution in [1.82, 2.24) is 10.3 Å². The lowest BCUT2D eigenvalue weighted by Crippen LogP contribution is -2.09. The number of methoxy groups -OCH3 is 1. The Morgan fingerprint density at radius 2 is 2.13 bits per heavy atom. The maximum atomic E-state index is 13.6. The highest BCUT2D eigenvalue weighted by Gasteiger charge is 2.22. The van der Waals surface area contributed by atoms with E-state index in [1.165, 1.54) is 12.1 Å². The molecule has 38 heavy (non-hydrogen) atoms. The number of aliphatic imine (C=N–C) groups is 1. The van der Waals surface area contributed by atoms with Crippen LogP contribution in [0.15, 0.2) is 48.1 Å². The molecule has 2 aromatic rings. The molecule has 1 aliphatic rings. The number of aromatic nitrogens is 1. The van der Waals surface area contributed by atoms with Crippen LogP contribution in [0.5, 0.6) is 5.75 Å². The number of fused-ring (bicyclic) bond motifs is 1. The number of aldehydes is 1. The highest BCUT2D eigenvalue weighted by Crippen LogP contribution is 2.37. The summed E-state index contributed by atoms with van der Waals surface area (Å²) in [5.74, 6) is 1.06. The van der Waals surface area contributed by atoms with Crippen molar-refractivity contribution in [3.8, 4) is 5.75 Å². The van der Waals surface area contributed by atoms with Crippen molar-refractivity contribution in [3.05, 3.63) is 71.2 Å². The number of pyridine rings is 1. The van der Waals surface area contributed by atoms with Crippen LogP contribution in [0.25, 0.3) is 5.57 Å². The summed E-state index contributed by atoms with van der Waals surface area (Å²) in [6, 6.07) is 4.25. The van der Waals surface area contributed by atoms with Crippen LogP contribution in [-0.2, 0) is 17.7 Å². The summed E-state index contributed by atoms with van der Waals surface area (Å²) in [7, 11) is 3.66. The Kier molecular flexibility index (Phi) is 16.9. The van der Waals surface area contributed by atoms with Gasteiger partial charge in [-0.25, -0.2) is 9.37 Å². The zero-order valence-electron chi connectivity index (χ0n) is 23.1. The van der Waals surface area contributed by atoms with Crippen molar-refractivity contribution >= 4 is 23.9 Å². The fourth-order valence-electron chi connectivity index (χ4n) is 3.36. The van der Waals surface area contributed by atoms with Crippen LogP contribution in [-0.4, -0.2) is 58.1 Å². The van der Waals surface area contributed by atoms with Crippen molar-refractivity contribution < 1.29 is 18.7 Å². The number of carbonyl (C=O) groups excluding carboxylic acids is 1. The number of hydrogen-bond donors (Lipinski definition) is 3. The number of allylic oxidation sites excluding steroid dienone is 3. The number of nitrogens with two attached hydrogens (primary N) is 1. The van der Waals surface area contributed by atoms with E-state index in [9.17, 15) is 9.18 Å². The summed E-state index contributed by atoms with van der Waals surface area (Å²) in [5.41, 5.74) is 9.21. The van der Waals surface area contributed by atoms with Gasteiger partial charge in [0.2, 0.25) is 0 Å². The lowest BCUT2D eigenvalue weighted by molar-refractivity contribution is 0.112. The molecule has 208 valence electrons. The lowest BCUT2D eigenvalue weighted by Gasteiger charge is -2.13. The molecule has 0 fully saturated rings. The zero-order valence-corrected chi connectivity index (χ0v) is 23.1. The number of halogens is 1. The summed E-state index contributed by atoms with van der Waals surface area (Å²) >= 11 is 0. The first-order valence-corrected chi connectivity index (χ1v) is 12.7. The second kappa shape index (κ2) is 19.7. The highest BCUT2D eigenvalue weighted by molar-refractivity contribution is 5.86. The molecule has 0 radical (unpaired) electrons. The van der Waals surface area contributed by atoms with Gasteiger partial charge < -0.3 is 25.8 Å². The molecule has 1 aromatic carbocycles. The van der Waals surface area contributed by atoms with E-state index in [4.69, 9.17) is 15.2 Å². The lowest BCUT2D eigenvalue weighted by atomic mass is 10.0.